The Hall–Kier alpha value is -2.47. The minimum atomic E-state index is 0.262. The Morgan fingerprint density at radius 3 is 2.55 bits per heavy atom. The van der Waals surface area contributed by atoms with Gasteiger partial charge < -0.3 is 15.5 Å². The van der Waals surface area contributed by atoms with Crippen molar-refractivity contribution in [2.75, 3.05) is 32.7 Å². The third-order valence-corrected chi connectivity index (χ3v) is 6.39. The van der Waals surface area contributed by atoms with Gasteiger partial charge in [0.2, 0.25) is 5.91 Å². The number of aliphatic imine (C=N–C) groups is 1. The fourth-order valence-electron chi connectivity index (χ4n) is 3.69. The molecule has 3 rings (SSSR count). The lowest BCUT2D eigenvalue weighted by Gasteiger charge is -2.18. The molecule has 1 amide bonds. The molecule has 1 aliphatic rings. The van der Waals surface area contributed by atoms with Crippen LogP contribution in [0.1, 0.15) is 25.8 Å². The largest absolute Gasteiger partial charge is 0.357 e. The number of carbonyl (C=O) groups excluding carboxylic acids is 1. The van der Waals surface area contributed by atoms with Crippen molar-refractivity contribution in [3.63, 3.8) is 0 Å². The molecule has 5 nitrogen and oxygen atoms in total. The molecule has 0 spiro atoms. The highest BCUT2D eigenvalue weighted by Gasteiger charge is 2.29. The normalized spacial score (nSPS) is 17.6. The summed E-state index contributed by atoms with van der Waals surface area (Å²) >= 11 is 1.84. The smallest absolute Gasteiger partial charge is 0.223 e. The summed E-state index contributed by atoms with van der Waals surface area (Å²) < 4.78 is 0. The Morgan fingerprint density at radius 1 is 1.13 bits per heavy atom. The minimum absolute atomic E-state index is 0.262. The maximum Gasteiger partial charge on any atom is 0.223 e. The highest BCUT2D eigenvalue weighted by molar-refractivity contribution is 8.00. The molecule has 0 saturated carbocycles. The first kappa shape index (κ1) is 23.2. The van der Waals surface area contributed by atoms with E-state index in [1.165, 1.54) is 10.5 Å². The van der Waals surface area contributed by atoms with Gasteiger partial charge in [-0.05, 0) is 31.0 Å². The van der Waals surface area contributed by atoms with Crippen LogP contribution in [0.5, 0.6) is 0 Å². The molecule has 2 unspecified atom stereocenters. The van der Waals surface area contributed by atoms with E-state index in [0.717, 1.165) is 45.1 Å². The van der Waals surface area contributed by atoms with Crippen molar-refractivity contribution >= 4 is 23.6 Å². The van der Waals surface area contributed by atoms with Gasteiger partial charge in [0.05, 0.1) is 6.54 Å². The summed E-state index contributed by atoms with van der Waals surface area (Å²) in [5, 5.41) is 7.16. The van der Waals surface area contributed by atoms with E-state index in [0.29, 0.717) is 17.6 Å². The van der Waals surface area contributed by atoms with E-state index in [2.05, 4.69) is 73.0 Å². The molecule has 0 aliphatic carbocycles. The summed E-state index contributed by atoms with van der Waals surface area (Å²) in [7, 11) is 0. The second kappa shape index (κ2) is 12.4. The molecule has 6 heteroatoms. The third-order valence-electron chi connectivity index (χ3n) is 5.30. The average molecular weight is 439 g/mol. The van der Waals surface area contributed by atoms with Gasteiger partial charge in [0, 0.05) is 48.7 Å². The monoisotopic (exact) mass is 438 g/mol. The lowest BCUT2D eigenvalue weighted by molar-refractivity contribution is -0.127. The van der Waals surface area contributed by atoms with Crippen molar-refractivity contribution < 1.29 is 4.79 Å². The number of hydrogen-bond acceptors (Lipinski definition) is 3. The molecule has 0 bridgehead atoms. The van der Waals surface area contributed by atoms with Crippen molar-refractivity contribution in [3.05, 3.63) is 66.2 Å². The van der Waals surface area contributed by atoms with Gasteiger partial charge in [-0.2, -0.15) is 0 Å². The minimum Gasteiger partial charge on any atom is -0.357 e. The molecule has 2 aromatic rings. The van der Waals surface area contributed by atoms with Crippen LogP contribution in [-0.2, 0) is 11.2 Å². The average Bonchev–Trinajstić information content (AvgIpc) is 3.15. The quantitative estimate of drug-likeness (QED) is 0.336. The number of rotatable bonds is 10. The van der Waals surface area contributed by atoms with Gasteiger partial charge in [0.1, 0.15) is 0 Å². The number of carbonyl (C=O) groups is 1. The van der Waals surface area contributed by atoms with E-state index in [1.54, 1.807) is 0 Å². The molecule has 0 radical (unpaired) electrons. The maximum atomic E-state index is 12.4. The zero-order valence-electron chi connectivity index (χ0n) is 18.6. The lowest BCUT2D eigenvalue weighted by atomic mass is 10.1. The number of likely N-dealkylation sites (tertiary alicyclic amines) is 1. The molecule has 1 fully saturated rings. The van der Waals surface area contributed by atoms with Crippen LogP contribution in [0.3, 0.4) is 0 Å². The summed E-state index contributed by atoms with van der Waals surface area (Å²) in [6, 6.07) is 20.8. The molecular formula is C25H34N4OS. The Labute approximate surface area is 190 Å². The van der Waals surface area contributed by atoms with Crippen LogP contribution in [-0.4, -0.2) is 54.7 Å². The van der Waals surface area contributed by atoms with Crippen molar-refractivity contribution in [1.82, 2.24) is 15.5 Å². The predicted molar refractivity (Wildman–Crippen MR) is 131 cm³/mol. The molecular weight excluding hydrogens is 404 g/mol. The highest BCUT2D eigenvalue weighted by Crippen LogP contribution is 2.22. The number of amides is 1. The lowest BCUT2D eigenvalue weighted by Crippen LogP contribution is -2.40. The number of nitrogens with one attached hydrogen (secondary N) is 2. The SMILES string of the molecule is CCNC(=NCC(C)Sc1ccccc1)NCC1CC(=O)N(CCc2ccccc2)C1. The summed E-state index contributed by atoms with van der Waals surface area (Å²) in [5.74, 6) is 1.42. The topological polar surface area (TPSA) is 56.7 Å². The van der Waals surface area contributed by atoms with Gasteiger partial charge >= 0.3 is 0 Å². The van der Waals surface area contributed by atoms with Gasteiger partial charge in [-0.3, -0.25) is 9.79 Å². The molecule has 2 N–H and O–H groups in total. The number of guanidine groups is 1. The van der Waals surface area contributed by atoms with Gasteiger partial charge in [-0.15, -0.1) is 11.8 Å². The Balaban J connectivity index is 1.43. The fraction of sp³-hybridized carbons (Fsp3) is 0.440. The molecule has 1 saturated heterocycles. The number of benzene rings is 2. The molecule has 166 valence electrons. The zero-order chi connectivity index (χ0) is 21.9. The van der Waals surface area contributed by atoms with Gasteiger partial charge in [0.25, 0.3) is 0 Å². The van der Waals surface area contributed by atoms with E-state index >= 15 is 0 Å². The van der Waals surface area contributed by atoms with Crippen LogP contribution in [0.25, 0.3) is 0 Å². The second-order valence-electron chi connectivity index (χ2n) is 7.99. The van der Waals surface area contributed by atoms with Crippen LogP contribution in [0, 0.1) is 5.92 Å². The van der Waals surface area contributed by atoms with Crippen LogP contribution >= 0.6 is 11.8 Å². The first-order chi connectivity index (χ1) is 15.1. The Morgan fingerprint density at radius 2 is 1.84 bits per heavy atom. The fourth-order valence-corrected chi connectivity index (χ4v) is 4.61. The third kappa shape index (κ3) is 7.94. The standard InChI is InChI=1S/C25H34N4OS/c1-3-26-25(27-17-20(2)31-23-12-8-5-9-13-23)28-18-22-16-24(30)29(19-22)15-14-21-10-6-4-7-11-21/h4-13,20,22H,3,14-19H2,1-2H3,(H2,26,27,28). The first-order valence-corrected chi connectivity index (χ1v) is 12.1. The second-order valence-corrected chi connectivity index (χ2v) is 9.50. The predicted octanol–water partition coefficient (Wildman–Crippen LogP) is 3.81. The van der Waals surface area contributed by atoms with E-state index in [4.69, 9.17) is 4.99 Å². The van der Waals surface area contributed by atoms with Crippen molar-refractivity contribution in [1.29, 1.82) is 0 Å². The van der Waals surface area contributed by atoms with Crippen molar-refractivity contribution in [2.24, 2.45) is 10.9 Å². The van der Waals surface area contributed by atoms with Gasteiger partial charge in [-0.1, -0.05) is 55.5 Å². The summed E-state index contributed by atoms with van der Waals surface area (Å²) in [5.41, 5.74) is 1.28. The van der Waals surface area contributed by atoms with Gasteiger partial charge in [0.15, 0.2) is 5.96 Å². The van der Waals surface area contributed by atoms with Crippen molar-refractivity contribution in [3.8, 4) is 0 Å². The van der Waals surface area contributed by atoms with E-state index in [9.17, 15) is 4.79 Å². The van der Waals surface area contributed by atoms with E-state index in [1.807, 2.05) is 28.8 Å². The van der Waals surface area contributed by atoms with E-state index < -0.39 is 0 Å². The first-order valence-electron chi connectivity index (χ1n) is 11.2. The summed E-state index contributed by atoms with van der Waals surface area (Å²) in [4.78, 5) is 20.4. The summed E-state index contributed by atoms with van der Waals surface area (Å²) in [6.07, 6.45) is 1.52. The molecule has 2 aromatic carbocycles. The molecule has 0 aromatic heterocycles. The molecule has 31 heavy (non-hydrogen) atoms. The highest BCUT2D eigenvalue weighted by atomic mass is 32.2. The molecule has 1 heterocycles. The van der Waals surface area contributed by atoms with Crippen LogP contribution in [0.2, 0.25) is 0 Å². The van der Waals surface area contributed by atoms with Gasteiger partial charge in [-0.25, -0.2) is 0 Å². The Kier molecular flexibility index (Phi) is 9.28. The van der Waals surface area contributed by atoms with Crippen LogP contribution in [0.15, 0.2) is 70.6 Å². The van der Waals surface area contributed by atoms with Crippen molar-refractivity contribution in [2.45, 2.75) is 36.8 Å². The number of nitrogens with zero attached hydrogens (tertiary/aromatic N) is 2. The Bertz CT molecular complexity index is 828. The number of thioether (sulfide) groups is 1. The van der Waals surface area contributed by atoms with E-state index in [-0.39, 0.29) is 5.91 Å². The molecule has 1 aliphatic heterocycles. The van der Waals surface area contributed by atoms with Crippen LogP contribution < -0.4 is 10.6 Å². The summed E-state index contributed by atoms with van der Waals surface area (Å²) in [6.45, 7) is 8.20. The molecule has 2 atom stereocenters. The zero-order valence-corrected chi connectivity index (χ0v) is 19.4. The van der Waals surface area contributed by atoms with Crippen LogP contribution in [0.4, 0.5) is 0 Å². The number of hydrogen-bond donors (Lipinski definition) is 2. The maximum absolute atomic E-state index is 12.4.